The van der Waals surface area contributed by atoms with Gasteiger partial charge in [-0.2, -0.15) is 13.2 Å². The first-order valence-corrected chi connectivity index (χ1v) is 4.05. The molecular weight excluding hydrogens is 177 g/mol. The van der Waals surface area contributed by atoms with Gasteiger partial charge in [0.15, 0.2) is 0 Å². The molecule has 0 fully saturated rings. The fourth-order valence-electron chi connectivity index (χ4n) is 1.65. The van der Waals surface area contributed by atoms with E-state index in [1.165, 1.54) is 0 Å². The lowest BCUT2D eigenvalue weighted by molar-refractivity contribution is -0.0895. The van der Waals surface area contributed by atoms with Gasteiger partial charge in [-0.05, 0) is 25.5 Å². The normalized spacial score (nSPS) is 31.6. The molecule has 0 amide bonds. The largest absolute Gasteiger partial charge is 0.416 e. The van der Waals surface area contributed by atoms with Crippen molar-refractivity contribution in [2.75, 3.05) is 0 Å². The minimum absolute atomic E-state index is 0.403. The van der Waals surface area contributed by atoms with Crippen molar-refractivity contribution in [3.63, 3.8) is 0 Å². The van der Waals surface area contributed by atoms with Crippen LogP contribution in [0.5, 0.6) is 0 Å². The number of hydrogen-bond acceptors (Lipinski definition) is 0. The average molecular weight is 186 g/mol. The number of hydrogen-bond donors (Lipinski definition) is 0. The van der Waals surface area contributed by atoms with Gasteiger partial charge in [0.2, 0.25) is 0 Å². The van der Waals surface area contributed by atoms with Crippen molar-refractivity contribution in [3.8, 4) is 0 Å². The van der Waals surface area contributed by atoms with Crippen LogP contribution >= 0.6 is 0 Å². The Balaban J connectivity index is 2.40. The monoisotopic (exact) mass is 186 g/mol. The first-order chi connectivity index (χ1) is 5.86. The first-order valence-electron chi connectivity index (χ1n) is 4.05. The number of alkyl halides is 3. The third-order valence-corrected chi connectivity index (χ3v) is 2.82. The second-order valence-electron chi connectivity index (χ2n) is 3.69. The van der Waals surface area contributed by atoms with E-state index in [0.717, 1.165) is 11.6 Å². The highest BCUT2D eigenvalue weighted by Gasteiger charge is 2.51. The molecule has 2 aliphatic carbocycles. The summed E-state index contributed by atoms with van der Waals surface area (Å²) in [6, 6.07) is 0. The molecule has 0 saturated heterocycles. The summed E-state index contributed by atoms with van der Waals surface area (Å²) in [7, 11) is 0. The standard InChI is InChI=1S/C10H9F3/c1-6-3-4-7(10(11,12)13)8-5-9(6,8)2/h3-5H,1-2H3. The smallest absolute Gasteiger partial charge is 0.166 e. The second kappa shape index (κ2) is 2.08. The predicted molar refractivity (Wildman–Crippen MR) is 44.1 cm³/mol. The summed E-state index contributed by atoms with van der Waals surface area (Å²) in [6.45, 7) is 3.67. The lowest BCUT2D eigenvalue weighted by Crippen LogP contribution is -2.17. The molecule has 0 heterocycles. The number of fused-ring (bicyclic) bond motifs is 1. The fraction of sp³-hybridized carbons (Fsp3) is 0.400. The van der Waals surface area contributed by atoms with E-state index in [9.17, 15) is 13.2 Å². The molecule has 13 heavy (non-hydrogen) atoms. The lowest BCUT2D eigenvalue weighted by Gasteiger charge is -2.20. The summed E-state index contributed by atoms with van der Waals surface area (Å²) in [4.78, 5) is 0. The van der Waals surface area contributed by atoms with E-state index in [-0.39, 0.29) is 0 Å². The molecule has 0 saturated carbocycles. The second-order valence-corrected chi connectivity index (χ2v) is 3.69. The Morgan fingerprint density at radius 1 is 1.23 bits per heavy atom. The Morgan fingerprint density at radius 2 is 1.85 bits per heavy atom. The van der Waals surface area contributed by atoms with Crippen molar-refractivity contribution in [2.45, 2.75) is 20.0 Å². The van der Waals surface area contributed by atoms with E-state index in [1.807, 2.05) is 13.8 Å². The maximum Gasteiger partial charge on any atom is 0.416 e. The molecule has 3 heteroatoms. The minimum Gasteiger partial charge on any atom is -0.166 e. The van der Waals surface area contributed by atoms with Crippen LogP contribution in [0.25, 0.3) is 0 Å². The van der Waals surface area contributed by atoms with Crippen molar-refractivity contribution in [3.05, 3.63) is 34.9 Å². The quantitative estimate of drug-likeness (QED) is 0.544. The summed E-state index contributed by atoms with van der Waals surface area (Å²) in [5.41, 5.74) is 0.524. The summed E-state index contributed by atoms with van der Waals surface area (Å²) in [5, 5.41) is 0. The SMILES string of the molecule is CC1=CC=C(C(F)(F)F)C2=CC12C. The van der Waals surface area contributed by atoms with Gasteiger partial charge in [-0.3, -0.25) is 0 Å². The Kier molecular flexibility index (Phi) is 1.38. The summed E-state index contributed by atoms with van der Waals surface area (Å²) in [6.07, 6.45) is 0.178. The molecule has 2 aliphatic rings. The Morgan fingerprint density at radius 3 is 2.38 bits per heavy atom. The zero-order chi connectivity index (χ0) is 9.85. The zero-order valence-corrected chi connectivity index (χ0v) is 7.37. The topological polar surface area (TPSA) is 0 Å². The van der Waals surface area contributed by atoms with E-state index in [4.69, 9.17) is 0 Å². The third kappa shape index (κ3) is 1.06. The number of allylic oxidation sites excluding steroid dienone is 6. The highest BCUT2D eigenvalue weighted by Crippen LogP contribution is 2.58. The Hall–Kier alpha value is -0.990. The van der Waals surface area contributed by atoms with Crippen LogP contribution < -0.4 is 0 Å². The molecule has 0 bridgehead atoms. The van der Waals surface area contributed by atoms with Crippen molar-refractivity contribution in [1.82, 2.24) is 0 Å². The molecule has 0 aliphatic heterocycles. The first kappa shape index (κ1) is 8.60. The summed E-state index contributed by atoms with van der Waals surface area (Å²) >= 11 is 0. The predicted octanol–water partition coefficient (Wildman–Crippen LogP) is 3.38. The van der Waals surface area contributed by atoms with Crippen LogP contribution in [-0.2, 0) is 0 Å². The van der Waals surface area contributed by atoms with Crippen LogP contribution in [0.3, 0.4) is 0 Å². The van der Waals surface area contributed by atoms with Gasteiger partial charge >= 0.3 is 6.18 Å². The minimum atomic E-state index is -4.21. The fourth-order valence-corrected chi connectivity index (χ4v) is 1.65. The van der Waals surface area contributed by atoms with Crippen LogP contribution in [-0.4, -0.2) is 6.18 Å². The van der Waals surface area contributed by atoms with Crippen LogP contribution in [0.15, 0.2) is 34.9 Å². The summed E-state index contributed by atoms with van der Waals surface area (Å²) < 4.78 is 37.1. The molecular formula is C10H9F3. The van der Waals surface area contributed by atoms with Gasteiger partial charge in [-0.25, -0.2) is 0 Å². The lowest BCUT2D eigenvalue weighted by atomic mass is 9.86. The van der Waals surface area contributed by atoms with Crippen molar-refractivity contribution in [1.29, 1.82) is 0 Å². The molecule has 2 rings (SSSR count). The summed E-state index contributed by atoms with van der Waals surface area (Å²) in [5.74, 6) is 0. The van der Waals surface area contributed by atoms with Gasteiger partial charge in [-0.1, -0.05) is 17.7 Å². The Bertz CT molecular complexity index is 355. The molecule has 0 spiro atoms. The maximum atomic E-state index is 12.4. The average Bonchev–Trinajstić information content (AvgIpc) is 2.61. The van der Waals surface area contributed by atoms with Gasteiger partial charge in [0.05, 0.1) is 5.57 Å². The van der Waals surface area contributed by atoms with Crippen molar-refractivity contribution < 1.29 is 13.2 Å². The van der Waals surface area contributed by atoms with Gasteiger partial charge < -0.3 is 0 Å². The van der Waals surface area contributed by atoms with Gasteiger partial charge in [0, 0.05) is 5.41 Å². The number of rotatable bonds is 0. The van der Waals surface area contributed by atoms with E-state index in [0.29, 0.717) is 5.57 Å². The van der Waals surface area contributed by atoms with Crippen LogP contribution in [0.2, 0.25) is 0 Å². The highest BCUT2D eigenvalue weighted by atomic mass is 19.4. The molecule has 1 atom stereocenters. The van der Waals surface area contributed by atoms with Gasteiger partial charge in [0.25, 0.3) is 0 Å². The number of halogens is 3. The molecule has 0 aromatic carbocycles. The molecule has 1 unspecified atom stereocenters. The van der Waals surface area contributed by atoms with E-state index < -0.39 is 17.2 Å². The van der Waals surface area contributed by atoms with Crippen LogP contribution in [0, 0.1) is 5.41 Å². The van der Waals surface area contributed by atoms with Gasteiger partial charge in [0.1, 0.15) is 0 Å². The van der Waals surface area contributed by atoms with Crippen molar-refractivity contribution >= 4 is 0 Å². The molecule has 0 nitrogen and oxygen atoms in total. The zero-order valence-electron chi connectivity index (χ0n) is 7.37. The molecule has 0 N–H and O–H groups in total. The van der Waals surface area contributed by atoms with E-state index in [1.54, 1.807) is 12.2 Å². The van der Waals surface area contributed by atoms with Gasteiger partial charge in [-0.15, -0.1) is 0 Å². The highest BCUT2D eigenvalue weighted by molar-refractivity contribution is 5.64. The molecule has 0 aromatic rings. The van der Waals surface area contributed by atoms with Crippen molar-refractivity contribution in [2.24, 2.45) is 5.41 Å². The maximum absolute atomic E-state index is 12.4. The van der Waals surface area contributed by atoms with Crippen LogP contribution in [0.4, 0.5) is 13.2 Å². The van der Waals surface area contributed by atoms with E-state index >= 15 is 0 Å². The van der Waals surface area contributed by atoms with E-state index in [2.05, 4.69) is 0 Å². The third-order valence-electron chi connectivity index (χ3n) is 2.82. The molecule has 70 valence electrons. The Labute approximate surface area is 74.4 Å². The molecule has 0 radical (unpaired) electrons. The van der Waals surface area contributed by atoms with Crippen LogP contribution in [0.1, 0.15) is 13.8 Å². The molecule has 0 aromatic heterocycles.